The van der Waals surface area contributed by atoms with Crippen molar-refractivity contribution in [3.05, 3.63) is 42.1 Å². The quantitative estimate of drug-likeness (QED) is 0.644. The first-order chi connectivity index (χ1) is 13.7. The van der Waals surface area contributed by atoms with Crippen molar-refractivity contribution in [1.82, 2.24) is 19.6 Å². The molecule has 1 fully saturated rings. The lowest BCUT2D eigenvalue weighted by Gasteiger charge is -2.27. The maximum Gasteiger partial charge on any atom is 0.224 e. The summed E-state index contributed by atoms with van der Waals surface area (Å²) in [4.78, 5) is 23.3. The van der Waals surface area contributed by atoms with Crippen LogP contribution in [0.3, 0.4) is 0 Å². The second kappa shape index (κ2) is 6.74. The first-order valence-electron chi connectivity index (χ1n) is 9.38. The molecule has 3 aromatic rings. The van der Waals surface area contributed by atoms with Crippen molar-refractivity contribution < 1.29 is 13.9 Å². The van der Waals surface area contributed by atoms with Gasteiger partial charge in [-0.1, -0.05) is 0 Å². The molecule has 1 saturated heterocycles. The lowest BCUT2D eigenvalue weighted by molar-refractivity contribution is -0.116. The Labute approximate surface area is 160 Å². The van der Waals surface area contributed by atoms with Crippen LogP contribution in [0.2, 0.25) is 0 Å². The fourth-order valence-electron chi connectivity index (χ4n) is 3.89. The molecule has 5 heterocycles. The summed E-state index contributed by atoms with van der Waals surface area (Å²) in [6, 6.07) is 3.30. The van der Waals surface area contributed by atoms with Gasteiger partial charge in [-0.2, -0.15) is 5.10 Å². The van der Waals surface area contributed by atoms with Crippen LogP contribution in [-0.2, 0) is 4.79 Å². The van der Waals surface area contributed by atoms with Crippen LogP contribution in [0.1, 0.15) is 37.3 Å². The highest BCUT2D eigenvalue weighted by Gasteiger charge is 2.31. The lowest BCUT2D eigenvalue weighted by atomic mass is 10.1. The molecule has 5 rings (SSSR count). The monoisotopic (exact) mass is 382 g/mol. The SMILES string of the molecule is O=C1CCCOc2ncc(F)cc2[C@H]2CCCN2c2ccn3ncc(c3n2)N1. The molecule has 2 aliphatic rings. The zero-order valence-electron chi connectivity index (χ0n) is 15.1. The number of halogens is 1. The summed E-state index contributed by atoms with van der Waals surface area (Å²) in [5.41, 5.74) is 1.88. The molecular formula is C19H19FN6O2. The molecular weight excluding hydrogens is 363 g/mol. The molecule has 8 nitrogen and oxygen atoms in total. The first kappa shape index (κ1) is 16.9. The van der Waals surface area contributed by atoms with E-state index in [1.165, 1.54) is 6.07 Å². The van der Waals surface area contributed by atoms with Crippen LogP contribution in [0.5, 0.6) is 5.88 Å². The topological polar surface area (TPSA) is 84.7 Å². The second-order valence-electron chi connectivity index (χ2n) is 7.01. The fraction of sp³-hybridized carbons (Fsp3) is 0.368. The summed E-state index contributed by atoms with van der Waals surface area (Å²) in [6.45, 7) is 1.12. The van der Waals surface area contributed by atoms with Crippen molar-refractivity contribution in [1.29, 1.82) is 0 Å². The lowest BCUT2D eigenvalue weighted by Crippen LogP contribution is -2.25. The van der Waals surface area contributed by atoms with Gasteiger partial charge in [0.25, 0.3) is 0 Å². The normalized spacial score (nSPS) is 19.7. The van der Waals surface area contributed by atoms with Gasteiger partial charge in [-0.25, -0.2) is 18.9 Å². The Morgan fingerprint density at radius 3 is 3.14 bits per heavy atom. The third-order valence-corrected chi connectivity index (χ3v) is 5.17. The molecule has 1 atom stereocenters. The van der Waals surface area contributed by atoms with Crippen molar-refractivity contribution in [3.8, 4) is 5.88 Å². The predicted octanol–water partition coefficient (Wildman–Crippen LogP) is 2.72. The smallest absolute Gasteiger partial charge is 0.224 e. The summed E-state index contributed by atoms with van der Waals surface area (Å²) >= 11 is 0. The van der Waals surface area contributed by atoms with Gasteiger partial charge in [-0.15, -0.1) is 0 Å². The minimum Gasteiger partial charge on any atom is -0.477 e. The molecule has 0 aromatic carbocycles. The molecule has 0 saturated carbocycles. The van der Waals surface area contributed by atoms with E-state index >= 15 is 0 Å². The van der Waals surface area contributed by atoms with Crippen molar-refractivity contribution in [2.75, 3.05) is 23.4 Å². The molecule has 1 amide bonds. The van der Waals surface area contributed by atoms with Crippen molar-refractivity contribution in [2.45, 2.75) is 31.7 Å². The highest BCUT2D eigenvalue weighted by Crippen LogP contribution is 2.39. The number of anilines is 2. The van der Waals surface area contributed by atoms with Crippen LogP contribution in [-0.4, -0.2) is 38.6 Å². The Hall–Kier alpha value is -3.23. The minimum absolute atomic E-state index is 0.0722. The van der Waals surface area contributed by atoms with E-state index in [1.807, 2.05) is 12.3 Å². The number of carbonyl (C=O) groups is 1. The van der Waals surface area contributed by atoms with Crippen LogP contribution >= 0.6 is 0 Å². The van der Waals surface area contributed by atoms with Crippen LogP contribution in [0, 0.1) is 5.82 Å². The van der Waals surface area contributed by atoms with Gasteiger partial charge in [0.1, 0.15) is 17.3 Å². The third-order valence-electron chi connectivity index (χ3n) is 5.17. The largest absolute Gasteiger partial charge is 0.477 e. The molecule has 0 radical (unpaired) electrons. The minimum atomic E-state index is -0.392. The Morgan fingerprint density at radius 2 is 2.21 bits per heavy atom. The maximum atomic E-state index is 14.0. The summed E-state index contributed by atoms with van der Waals surface area (Å²) in [7, 11) is 0. The molecule has 28 heavy (non-hydrogen) atoms. The number of carbonyl (C=O) groups excluding carboxylic acids is 1. The standard InChI is InChI=1S/C19H19FN6O2/c20-12-9-13-15-3-1-6-25(15)16-5-7-26-18(24-16)14(11-22-26)23-17(27)4-2-8-28-19(13)21-10-12/h5,7,9-11,15H,1-4,6,8H2,(H,23,27)/t15-/m1/s1. The number of pyridine rings is 1. The summed E-state index contributed by atoms with van der Waals surface area (Å²) < 4.78 is 21.4. The average Bonchev–Trinajstić information content (AvgIpc) is 3.32. The molecule has 9 heteroatoms. The average molecular weight is 382 g/mol. The Balaban J connectivity index is 1.64. The Kier molecular flexibility index (Phi) is 4.07. The van der Waals surface area contributed by atoms with Crippen molar-refractivity contribution in [3.63, 3.8) is 0 Å². The van der Waals surface area contributed by atoms with E-state index in [1.54, 1.807) is 10.7 Å². The number of nitrogens with one attached hydrogen (secondary N) is 1. The molecule has 2 aliphatic heterocycles. The Morgan fingerprint density at radius 1 is 1.29 bits per heavy atom. The van der Waals surface area contributed by atoms with E-state index in [9.17, 15) is 9.18 Å². The third kappa shape index (κ3) is 2.92. The second-order valence-corrected chi connectivity index (χ2v) is 7.01. The van der Waals surface area contributed by atoms with Crippen molar-refractivity contribution in [2.24, 2.45) is 0 Å². The summed E-state index contributed by atoms with van der Waals surface area (Å²) in [5.74, 6) is 0.644. The first-order valence-corrected chi connectivity index (χ1v) is 9.38. The van der Waals surface area contributed by atoms with E-state index in [2.05, 4.69) is 20.3 Å². The van der Waals surface area contributed by atoms with Crippen LogP contribution in [0.25, 0.3) is 5.65 Å². The zero-order chi connectivity index (χ0) is 19.1. The molecule has 0 spiro atoms. The van der Waals surface area contributed by atoms with Gasteiger partial charge >= 0.3 is 0 Å². The molecule has 144 valence electrons. The fourth-order valence-corrected chi connectivity index (χ4v) is 3.89. The molecule has 3 aromatic heterocycles. The molecule has 0 unspecified atom stereocenters. The summed E-state index contributed by atoms with van der Waals surface area (Å²) in [5, 5.41) is 7.13. The van der Waals surface area contributed by atoms with E-state index in [-0.39, 0.29) is 11.9 Å². The summed E-state index contributed by atoms with van der Waals surface area (Å²) in [6.07, 6.45) is 7.21. The highest BCUT2D eigenvalue weighted by atomic mass is 19.1. The molecule has 2 bridgehead atoms. The van der Waals surface area contributed by atoms with Crippen LogP contribution in [0.4, 0.5) is 15.9 Å². The number of hydrogen-bond donors (Lipinski definition) is 1. The van der Waals surface area contributed by atoms with E-state index < -0.39 is 5.82 Å². The van der Waals surface area contributed by atoms with E-state index in [0.29, 0.717) is 36.7 Å². The van der Waals surface area contributed by atoms with Gasteiger partial charge in [0, 0.05) is 24.7 Å². The number of fused-ring (bicyclic) bond motifs is 5. The van der Waals surface area contributed by atoms with Gasteiger partial charge in [0.15, 0.2) is 5.65 Å². The number of amides is 1. The zero-order valence-corrected chi connectivity index (χ0v) is 15.1. The van der Waals surface area contributed by atoms with Gasteiger partial charge in [-0.05, 0) is 31.4 Å². The van der Waals surface area contributed by atoms with Crippen LogP contribution < -0.4 is 15.0 Å². The number of nitrogens with zero attached hydrogens (tertiary/aromatic N) is 5. The highest BCUT2D eigenvalue weighted by molar-refractivity contribution is 5.94. The van der Waals surface area contributed by atoms with Gasteiger partial charge in [0.2, 0.25) is 11.8 Å². The number of aromatic nitrogens is 4. The van der Waals surface area contributed by atoms with Gasteiger partial charge in [0.05, 0.1) is 25.0 Å². The van der Waals surface area contributed by atoms with E-state index in [4.69, 9.17) is 9.72 Å². The number of hydrogen-bond acceptors (Lipinski definition) is 6. The van der Waals surface area contributed by atoms with Crippen molar-refractivity contribution >= 4 is 23.1 Å². The van der Waals surface area contributed by atoms with E-state index in [0.717, 1.165) is 37.0 Å². The van der Waals surface area contributed by atoms with Crippen LogP contribution in [0.15, 0.2) is 30.7 Å². The Bertz CT molecular complexity index is 1050. The predicted molar refractivity (Wildman–Crippen MR) is 99.9 cm³/mol. The van der Waals surface area contributed by atoms with Gasteiger partial charge in [-0.3, -0.25) is 4.79 Å². The molecule has 0 aliphatic carbocycles. The van der Waals surface area contributed by atoms with Gasteiger partial charge < -0.3 is 15.0 Å². The molecule has 1 N–H and O–H groups in total. The maximum absolute atomic E-state index is 14.0. The number of ether oxygens (including phenoxy) is 1. The number of rotatable bonds is 0.